The summed E-state index contributed by atoms with van der Waals surface area (Å²) in [4.78, 5) is 15.0. The lowest BCUT2D eigenvalue weighted by molar-refractivity contribution is -0.113. The zero-order valence-electron chi connectivity index (χ0n) is 16.0. The maximum absolute atomic E-state index is 13.1. The molecule has 0 saturated carbocycles. The van der Waals surface area contributed by atoms with Crippen LogP contribution in [0.25, 0.3) is 17.4 Å². The predicted octanol–water partition coefficient (Wildman–Crippen LogP) is 6.02. The molecule has 1 aliphatic heterocycles. The molecule has 0 bridgehead atoms. The van der Waals surface area contributed by atoms with Gasteiger partial charge in [0.25, 0.3) is 5.91 Å². The van der Waals surface area contributed by atoms with E-state index in [1.807, 2.05) is 24.3 Å². The van der Waals surface area contributed by atoms with Gasteiger partial charge in [0.2, 0.25) is 0 Å². The molecule has 1 amide bonds. The highest BCUT2D eigenvalue weighted by Gasteiger charge is 2.35. The lowest BCUT2D eigenvalue weighted by atomic mass is 10.2. The third kappa shape index (κ3) is 3.96. The van der Waals surface area contributed by atoms with Gasteiger partial charge in [-0.3, -0.25) is 9.69 Å². The summed E-state index contributed by atoms with van der Waals surface area (Å²) in [5.74, 6) is 2.09. The third-order valence-corrected chi connectivity index (χ3v) is 5.97. The number of benzene rings is 2. The molecule has 0 radical (unpaired) electrons. The molecule has 1 fully saturated rings. The Bertz CT molecular complexity index is 1170. The number of halogens is 1. The second-order valence-electron chi connectivity index (χ2n) is 6.27. The summed E-state index contributed by atoms with van der Waals surface area (Å²) in [6.45, 7) is 0. The third-order valence-electron chi connectivity index (χ3n) is 4.43. The van der Waals surface area contributed by atoms with Crippen LogP contribution in [0.15, 0.2) is 63.9 Å². The Morgan fingerprint density at radius 2 is 1.93 bits per heavy atom. The molecule has 152 valence electrons. The Morgan fingerprint density at radius 1 is 1.10 bits per heavy atom. The molecule has 0 aliphatic carbocycles. The van der Waals surface area contributed by atoms with Crippen molar-refractivity contribution in [2.75, 3.05) is 19.1 Å². The van der Waals surface area contributed by atoms with Crippen LogP contribution in [0.1, 0.15) is 5.76 Å². The van der Waals surface area contributed by atoms with Crippen molar-refractivity contribution in [2.45, 2.75) is 0 Å². The van der Waals surface area contributed by atoms with E-state index < -0.39 is 0 Å². The number of hydrogen-bond acceptors (Lipinski definition) is 6. The summed E-state index contributed by atoms with van der Waals surface area (Å²) in [6, 6.07) is 16.2. The van der Waals surface area contributed by atoms with Gasteiger partial charge in [-0.1, -0.05) is 47.7 Å². The molecule has 1 saturated heterocycles. The number of ether oxygens (including phenoxy) is 2. The highest BCUT2D eigenvalue weighted by atomic mass is 35.5. The summed E-state index contributed by atoms with van der Waals surface area (Å²) >= 11 is 12.7. The van der Waals surface area contributed by atoms with Gasteiger partial charge in [0.15, 0.2) is 4.32 Å². The molecule has 0 atom stereocenters. The van der Waals surface area contributed by atoms with Crippen molar-refractivity contribution in [2.24, 2.45) is 0 Å². The molecule has 3 aromatic rings. The van der Waals surface area contributed by atoms with E-state index in [1.165, 1.54) is 23.8 Å². The van der Waals surface area contributed by atoms with Crippen LogP contribution in [0.4, 0.5) is 5.69 Å². The lowest BCUT2D eigenvalue weighted by Crippen LogP contribution is -2.27. The Balaban J connectivity index is 1.63. The first kappa shape index (κ1) is 20.5. The van der Waals surface area contributed by atoms with Gasteiger partial charge in [0, 0.05) is 22.7 Å². The summed E-state index contributed by atoms with van der Waals surface area (Å²) in [6.07, 6.45) is 1.68. The molecule has 0 unspecified atom stereocenters. The normalized spacial score (nSPS) is 15.2. The van der Waals surface area contributed by atoms with Crippen molar-refractivity contribution in [1.82, 2.24) is 0 Å². The number of hydrogen-bond donors (Lipinski definition) is 0. The topological polar surface area (TPSA) is 51.9 Å². The molecule has 0 N–H and O–H groups in total. The summed E-state index contributed by atoms with van der Waals surface area (Å²) < 4.78 is 16.9. The summed E-state index contributed by atoms with van der Waals surface area (Å²) in [7, 11) is 3.10. The standard InChI is InChI=1S/C22H16ClNO4S2/c1-26-15-6-8-17(19(11-15)27-2)24-21(25)20(30-22(24)29)12-16-7-9-18(28-16)13-4-3-5-14(23)10-13/h3-12H,1-2H3. The van der Waals surface area contributed by atoms with Gasteiger partial charge in [-0.15, -0.1) is 0 Å². The fourth-order valence-electron chi connectivity index (χ4n) is 3.00. The Hall–Kier alpha value is -2.74. The van der Waals surface area contributed by atoms with Crippen LogP contribution in [0, 0.1) is 0 Å². The monoisotopic (exact) mass is 457 g/mol. The van der Waals surface area contributed by atoms with Gasteiger partial charge >= 0.3 is 0 Å². The van der Waals surface area contributed by atoms with E-state index in [9.17, 15) is 4.79 Å². The minimum absolute atomic E-state index is 0.242. The Morgan fingerprint density at radius 3 is 2.67 bits per heavy atom. The van der Waals surface area contributed by atoms with Gasteiger partial charge in [-0.2, -0.15) is 0 Å². The smallest absolute Gasteiger partial charge is 0.271 e. The van der Waals surface area contributed by atoms with E-state index >= 15 is 0 Å². The number of nitrogens with zero attached hydrogens (tertiary/aromatic N) is 1. The molecule has 30 heavy (non-hydrogen) atoms. The average molecular weight is 458 g/mol. The number of rotatable bonds is 5. The maximum atomic E-state index is 13.1. The van der Waals surface area contributed by atoms with E-state index in [1.54, 1.807) is 43.5 Å². The van der Waals surface area contributed by atoms with Crippen molar-refractivity contribution < 1.29 is 18.7 Å². The number of furan rings is 1. The van der Waals surface area contributed by atoms with Gasteiger partial charge in [-0.25, -0.2) is 0 Å². The van der Waals surface area contributed by atoms with Crippen LogP contribution in [0.5, 0.6) is 11.5 Å². The SMILES string of the molecule is COc1ccc(N2C(=O)C(=Cc3ccc(-c4cccc(Cl)c4)o3)SC2=S)c(OC)c1. The average Bonchev–Trinajstić information content (AvgIpc) is 3.32. The number of amides is 1. The van der Waals surface area contributed by atoms with Crippen LogP contribution < -0.4 is 14.4 Å². The van der Waals surface area contributed by atoms with Gasteiger partial charge in [0.1, 0.15) is 23.0 Å². The first-order valence-electron chi connectivity index (χ1n) is 8.86. The van der Waals surface area contributed by atoms with E-state index in [4.69, 9.17) is 37.7 Å². The van der Waals surface area contributed by atoms with Gasteiger partial charge < -0.3 is 13.9 Å². The summed E-state index contributed by atoms with van der Waals surface area (Å²) in [5, 5.41) is 0.625. The molecule has 0 spiro atoms. The Labute approximate surface area is 188 Å². The van der Waals surface area contributed by atoms with Crippen molar-refractivity contribution in [3.8, 4) is 22.8 Å². The summed E-state index contributed by atoms with van der Waals surface area (Å²) in [5.41, 5.74) is 1.42. The van der Waals surface area contributed by atoms with Crippen LogP contribution >= 0.6 is 35.6 Å². The highest BCUT2D eigenvalue weighted by molar-refractivity contribution is 8.27. The van der Waals surface area contributed by atoms with Crippen LogP contribution in [-0.4, -0.2) is 24.4 Å². The zero-order valence-corrected chi connectivity index (χ0v) is 18.4. The zero-order chi connectivity index (χ0) is 21.3. The maximum Gasteiger partial charge on any atom is 0.271 e. The fraction of sp³-hybridized carbons (Fsp3) is 0.0909. The second kappa shape index (κ2) is 8.55. The van der Waals surface area contributed by atoms with Crippen molar-refractivity contribution in [1.29, 1.82) is 0 Å². The van der Waals surface area contributed by atoms with Gasteiger partial charge in [0.05, 0.1) is 24.8 Å². The van der Waals surface area contributed by atoms with Crippen molar-refractivity contribution in [3.63, 3.8) is 0 Å². The number of anilines is 1. The van der Waals surface area contributed by atoms with E-state index in [0.717, 1.165) is 5.56 Å². The largest absolute Gasteiger partial charge is 0.497 e. The van der Waals surface area contributed by atoms with Crippen LogP contribution in [0.2, 0.25) is 5.02 Å². The first-order valence-corrected chi connectivity index (χ1v) is 10.5. The number of thiocarbonyl (C=S) groups is 1. The molecule has 1 aliphatic rings. The van der Waals surface area contributed by atoms with Crippen LogP contribution in [0.3, 0.4) is 0 Å². The molecule has 4 rings (SSSR count). The molecule has 8 heteroatoms. The minimum Gasteiger partial charge on any atom is -0.497 e. The Kier molecular flexibility index (Phi) is 5.85. The van der Waals surface area contributed by atoms with Crippen LogP contribution in [-0.2, 0) is 4.79 Å². The fourth-order valence-corrected chi connectivity index (χ4v) is 4.46. The minimum atomic E-state index is -0.242. The van der Waals surface area contributed by atoms with Crippen molar-refractivity contribution >= 4 is 57.6 Å². The van der Waals surface area contributed by atoms with E-state index in [2.05, 4.69) is 0 Å². The number of carbonyl (C=O) groups is 1. The van der Waals surface area contributed by atoms with Gasteiger partial charge in [-0.05, 0) is 36.4 Å². The quantitative estimate of drug-likeness (QED) is 0.345. The first-order chi connectivity index (χ1) is 14.5. The molecule has 2 heterocycles. The van der Waals surface area contributed by atoms with Crippen molar-refractivity contribution in [3.05, 3.63) is 70.3 Å². The number of thioether (sulfide) groups is 1. The second-order valence-corrected chi connectivity index (χ2v) is 8.38. The molecular weight excluding hydrogens is 442 g/mol. The van der Waals surface area contributed by atoms with E-state index in [-0.39, 0.29) is 5.91 Å². The predicted molar refractivity (Wildman–Crippen MR) is 124 cm³/mol. The molecule has 2 aromatic carbocycles. The molecular formula is C22H16ClNO4S2. The molecule has 5 nitrogen and oxygen atoms in total. The number of methoxy groups -OCH3 is 2. The highest BCUT2D eigenvalue weighted by Crippen LogP contribution is 2.41. The number of carbonyl (C=O) groups excluding carboxylic acids is 1. The lowest BCUT2D eigenvalue weighted by Gasteiger charge is -2.18. The van der Waals surface area contributed by atoms with E-state index in [0.29, 0.717) is 43.0 Å². The molecule has 1 aromatic heterocycles.